The molecule has 1 unspecified atom stereocenters. The third-order valence-corrected chi connectivity index (χ3v) is 3.09. The summed E-state index contributed by atoms with van der Waals surface area (Å²) in [5, 5.41) is 8.69. The van der Waals surface area contributed by atoms with Crippen molar-refractivity contribution in [2.45, 2.75) is 39.3 Å². The number of hydrogen-bond donors (Lipinski definition) is 2. The summed E-state index contributed by atoms with van der Waals surface area (Å²) in [5.74, 6) is 6.55. The highest BCUT2D eigenvalue weighted by Gasteiger charge is 2.23. The maximum Gasteiger partial charge on any atom is 0.150 e. The van der Waals surface area contributed by atoms with Crippen molar-refractivity contribution in [1.82, 2.24) is 30.0 Å². The number of rotatable bonds is 6. The molecule has 0 aliphatic rings. The van der Waals surface area contributed by atoms with Gasteiger partial charge < -0.3 is 0 Å². The van der Waals surface area contributed by atoms with Crippen LogP contribution < -0.4 is 11.3 Å². The predicted octanol–water partition coefficient (Wildman–Crippen LogP) is 0.537. The van der Waals surface area contributed by atoms with Crippen LogP contribution >= 0.6 is 0 Å². The van der Waals surface area contributed by atoms with Gasteiger partial charge in [-0.2, -0.15) is 10.2 Å². The Kier molecular flexibility index (Phi) is 4.28. The Bertz CT molecular complexity index is 528. The average Bonchev–Trinajstić information content (AvgIpc) is 2.99. The van der Waals surface area contributed by atoms with Crippen LogP contribution in [0.15, 0.2) is 12.5 Å². The lowest BCUT2D eigenvalue weighted by Gasteiger charge is -2.16. The lowest BCUT2D eigenvalue weighted by atomic mass is 10.1. The topological polar surface area (TPSA) is 86.6 Å². The second-order valence-electron chi connectivity index (χ2n) is 4.50. The molecule has 1 atom stereocenters. The Morgan fingerprint density at radius 3 is 2.84 bits per heavy atom. The molecule has 2 rings (SSSR count). The fourth-order valence-electron chi connectivity index (χ4n) is 2.25. The van der Waals surface area contributed by atoms with Crippen molar-refractivity contribution < 1.29 is 0 Å². The van der Waals surface area contributed by atoms with Crippen LogP contribution in [0.1, 0.15) is 43.4 Å². The van der Waals surface area contributed by atoms with E-state index < -0.39 is 0 Å². The van der Waals surface area contributed by atoms with E-state index in [1.807, 2.05) is 17.9 Å². The first-order chi connectivity index (χ1) is 9.21. The molecule has 104 valence electrons. The molecule has 0 aliphatic heterocycles. The fraction of sp³-hybridized carbons (Fsp3) is 0.583. The van der Waals surface area contributed by atoms with Crippen molar-refractivity contribution in [2.75, 3.05) is 0 Å². The largest absolute Gasteiger partial charge is 0.275 e. The minimum atomic E-state index is -0.183. The average molecular weight is 263 g/mol. The van der Waals surface area contributed by atoms with Crippen LogP contribution in [0, 0.1) is 0 Å². The molecule has 2 aromatic heterocycles. The second kappa shape index (κ2) is 5.94. The highest BCUT2D eigenvalue weighted by atomic mass is 15.4. The first-order valence-corrected chi connectivity index (χ1v) is 6.57. The number of hydrazine groups is 1. The Morgan fingerprint density at radius 1 is 1.42 bits per heavy atom. The van der Waals surface area contributed by atoms with Gasteiger partial charge in [-0.05, 0) is 12.8 Å². The zero-order chi connectivity index (χ0) is 13.8. The maximum atomic E-state index is 5.73. The van der Waals surface area contributed by atoms with Gasteiger partial charge in [0.15, 0.2) is 0 Å². The van der Waals surface area contributed by atoms with Gasteiger partial charge >= 0.3 is 0 Å². The first kappa shape index (κ1) is 13.7. The van der Waals surface area contributed by atoms with Crippen molar-refractivity contribution >= 4 is 0 Å². The zero-order valence-electron chi connectivity index (χ0n) is 11.7. The maximum absolute atomic E-state index is 5.73. The van der Waals surface area contributed by atoms with Gasteiger partial charge in [-0.15, -0.1) is 0 Å². The van der Waals surface area contributed by atoms with Crippen molar-refractivity contribution in [1.29, 1.82) is 0 Å². The van der Waals surface area contributed by atoms with Crippen molar-refractivity contribution in [3.8, 4) is 0 Å². The number of nitrogens with two attached hydrogens (primary N) is 1. The van der Waals surface area contributed by atoms with Gasteiger partial charge in [-0.3, -0.25) is 10.5 Å². The fourth-order valence-corrected chi connectivity index (χ4v) is 2.25. The standard InChI is InChI=1S/C12H21N7/c1-4-6-19-12(14-8-15-19)11(16-13)9-7-18(3)17-10(9)5-2/h7-8,11,16H,4-6,13H2,1-3H3. The lowest BCUT2D eigenvalue weighted by molar-refractivity contribution is 0.509. The molecule has 0 bridgehead atoms. The monoisotopic (exact) mass is 263 g/mol. The van der Waals surface area contributed by atoms with E-state index in [1.54, 1.807) is 11.0 Å². The molecular weight excluding hydrogens is 242 g/mol. The van der Waals surface area contributed by atoms with Gasteiger partial charge in [0.2, 0.25) is 0 Å². The summed E-state index contributed by atoms with van der Waals surface area (Å²) in [6.45, 7) is 5.02. The van der Waals surface area contributed by atoms with Crippen LogP contribution in [0.25, 0.3) is 0 Å². The molecule has 0 spiro atoms. The van der Waals surface area contributed by atoms with E-state index >= 15 is 0 Å². The Hall–Kier alpha value is -1.73. The molecule has 0 saturated heterocycles. The molecule has 7 nitrogen and oxygen atoms in total. The van der Waals surface area contributed by atoms with E-state index in [4.69, 9.17) is 5.84 Å². The molecule has 2 aromatic rings. The molecule has 0 radical (unpaired) electrons. The normalized spacial score (nSPS) is 12.8. The van der Waals surface area contributed by atoms with Crippen LogP contribution in [-0.4, -0.2) is 24.5 Å². The van der Waals surface area contributed by atoms with Gasteiger partial charge in [0, 0.05) is 25.4 Å². The van der Waals surface area contributed by atoms with Crippen molar-refractivity contribution in [3.63, 3.8) is 0 Å². The van der Waals surface area contributed by atoms with Crippen LogP contribution in [0.5, 0.6) is 0 Å². The summed E-state index contributed by atoms with van der Waals surface area (Å²) in [5.41, 5.74) is 4.91. The molecule has 19 heavy (non-hydrogen) atoms. The summed E-state index contributed by atoms with van der Waals surface area (Å²) in [6, 6.07) is -0.183. The molecule has 0 aromatic carbocycles. The minimum absolute atomic E-state index is 0.183. The third kappa shape index (κ3) is 2.66. The van der Waals surface area contributed by atoms with Gasteiger partial charge in [0.25, 0.3) is 0 Å². The van der Waals surface area contributed by atoms with E-state index in [2.05, 4.69) is 34.5 Å². The first-order valence-electron chi connectivity index (χ1n) is 6.57. The van der Waals surface area contributed by atoms with Gasteiger partial charge in [-0.1, -0.05) is 13.8 Å². The zero-order valence-corrected chi connectivity index (χ0v) is 11.7. The van der Waals surface area contributed by atoms with Gasteiger partial charge in [0.1, 0.15) is 18.2 Å². The quantitative estimate of drug-likeness (QED) is 0.586. The number of nitrogens with one attached hydrogen (secondary N) is 1. The van der Waals surface area contributed by atoms with E-state index in [-0.39, 0.29) is 6.04 Å². The van der Waals surface area contributed by atoms with E-state index in [0.717, 1.165) is 36.5 Å². The van der Waals surface area contributed by atoms with E-state index in [0.29, 0.717) is 0 Å². The van der Waals surface area contributed by atoms with Crippen LogP contribution in [0.4, 0.5) is 0 Å². The molecule has 3 N–H and O–H groups in total. The summed E-state index contributed by atoms with van der Waals surface area (Å²) < 4.78 is 3.69. The van der Waals surface area contributed by atoms with E-state index in [9.17, 15) is 0 Å². The molecule has 0 amide bonds. The molecule has 0 fully saturated rings. The molecule has 2 heterocycles. The van der Waals surface area contributed by atoms with Crippen molar-refractivity contribution in [3.05, 3.63) is 29.6 Å². The second-order valence-corrected chi connectivity index (χ2v) is 4.50. The highest BCUT2D eigenvalue weighted by molar-refractivity contribution is 5.26. The number of aromatic nitrogens is 5. The number of aryl methyl sites for hydroxylation is 3. The number of hydrogen-bond acceptors (Lipinski definition) is 5. The summed E-state index contributed by atoms with van der Waals surface area (Å²) in [4.78, 5) is 4.34. The lowest BCUT2D eigenvalue weighted by Crippen LogP contribution is -2.31. The Labute approximate surface area is 112 Å². The third-order valence-electron chi connectivity index (χ3n) is 3.09. The summed E-state index contributed by atoms with van der Waals surface area (Å²) in [6.07, 6.45) is 5.41. The van der Waals surface area contributed by atoms with Crippen LogP contribution in [0.3, 0.4) is 0 Å². The summed E-state index contributed by atoms with van der Waals surface area (Å²) >= 11 is 0. The molecule has 0 saturated carbocycles. The van der Waals surface area contributed by atoms with Gasteiger partial charge in [-0.25, -0.2) is 15.1 Å². The molecular formula is C12H21N7. The smallest absolute Gasteiger partial charge is 0.150 e. The highest BCUT2D eigenvalue weighted by Crippen LogP contribution is 2.22. The Balaban J connectivity index is 2.40. The van der Waals surface area contributed by atoms with E-state index in [1.165, 1.54) is 0 Å². The SMILES string of the molecule is CCCn1ncnc1C(NN)c1cn(C)nc1CC. The van der Waals surface area contributed by atoms with Gasteiger partial charge in [0.05, 0.1) is 5.69 Å². The Morgan fingerprint density at radius 2 is 2.21 bits per heavy atom. The number of nitrogens with zero attached hydrogens (tertiary/aromatic N) is 5. The molecule has 7 heteroatoms. The van der Waals surface area contributed by atoms with Crippen molar-refractivity contribution in [2.24, 2.45) is 12.9 Å². The predicted molar refractivity (Wildman–Crippen MR) is 72.1 cm³/mol. The van der Waals surface area contributed by atoms with Crippen LogP contribution in [-0.2, 0) is 20.0 Å². The molecule has 0 aliphatic carbocycles. The minimum Gasteiger partial charge on any atom is -0.275 e. The van der Waals surface area contributed by atoms with Crippen LogP contribution in [0.2, 0.25) is 0 Å². The summed E-state index contributed by atoms with van der Waals surface area (Å²) in [7, 11) is 1.91.